The van der Waals surface area contributed by atoms with Crippen molar-refractivity contribution in [2.24, 2.45) is 0 Å². The summed E-state index contributed by atoms with van der Waals surface area (Å²) in [6.07, 6.45) is 2.10. The molecule has 1 aliphatic heterocycles. The van der Waals surface area contributed by atoms with Gasteiger partial charge in [-0.1, -0.05) is 18.2 Å². The van der Waals surface area contributed by atoms with E-state index in [9.17, 15) is 9.59 Å². The topological polar surface area (TPSA) is 97.9 Å². The van der Waals surface area contributed by atoms with Crippen LogP contribution < -0.4 is 20.7 Å². The molecule has 1 fully saturated rings. The van der Waals surface area contributed by atoms with Gasteiger partial charge in [0.05, 0.1) is 24.9 Å². The number of anilines is 2. The van der Waals surface area contributed by atoms with Crippen LogP contribution >= 0.6 is 0 Å². The molecule has 2 aromatic carbocycles. The molecule has 0 aromatic heterocycles. The molecule has 3 rings (SSSR count). The fraction of sp³-hybridized carbons (Fsp3) is 0.417. The number of para-hydroxylation sites is 2. The first-order chi connectivity index (χ1) is 15.7. The van der Waals surface area contributed by atoms with Crippen molar-refractivity contribution in [1.82, 2.24) is 5.32 Å². The van der Waals surface area contributed by atoms with Gasteiger partial charge in [-0.3, -0.25) is 9.59 Å². The molecule has 8 nitrogen and oxygen atoms in total. The predicted molar refractivity (Wildman–Crippen MR) is 123 cm³/mol. The zero-order chi connectivity index (χ0) is 22.6. The summed E-state index contributed by atoms with van der Waals surface area (Å²) in [6, 6.07) is 14.3. The van der Waals surface area contributed by atoms with E-state index in [1.165, 1.54) is 0 Å². The largest absolute Gasteiger partial charge is 0.489 e. The fourth-order valence-electron chi connectivity index (χ4n) is 3.31. The molecule has 8 heteroatoms. The Morgan fingerprint density at radius 2 is 2.00 bits per heavy atom. The zero-order valence-electron chi connectivity index (χ0n) is 18.4. The smallest absolute Gasteiger partial charge is 0.251 e. The molecule has 1 heterocycles. The van der Waals surface area contributed by atoms with E-state index in [0.717, 1.165) is 19.4 Å². The molecule has 0 aliphatic carbocycles. The molecule has 172 valence electrons. The van der Waals surface area contributed by atoms with Gasteiger partial charge >= 0.3 is 0 Å². The van der Waals surface area contributed by atoms with Crippen LogP contribution in [0.2, 0.25) is 0 Å². The highest BCUT2D eigenvalue weighted by Crippen LogP contribution is 2.23. The average molecular weight is 442 g/mol. The summed E-state index contributed by atoms with van der Waals surface area (Å²) in [5.74, 6) is 0.205. The summed E-state index contributed by atoms with van der Waals surface area (Å²) in [6.45, 7) is 4.75. The maximum atomic E-state index is 12.4. The van der Waals surface area contributed by atoms with Crippen molar-refractivity contribution in [3.8, 4) is 5.75 Å². The first-order valence-electron chi connectivity index (χ1n) is 11.0. The van der Waals surface area contributed by atoms with Gasteiger partial charge in [0.2, 0.25) is 5.91 Å². The lowest BCUT2D eigenvalue weighted by molar-refractivity contribution is -0.114. The van der Waals surface area contributed by atoms with Gasteiger partial charge in [-0.15, -0.1) is 0 Å². The predicted octanol–water partition coefficient (Wildman–Crippen LogP) is 3.06. The number of hydrogen-bond acceptors (Lipinski definition) is 6. The van der Waals surface area contributed by atoms with Gasteiger partial charge in [0.25, 0.3) is 5.91 Å². The second-order valence-electron chi connectivity index (χ2n) is 7.37. The molecule has 1 unspecified atom stereocenters. The number of nitrogens with one attached hydrogen (secondary N) is 3. The highest BCUT2D eigenvalue weighted by Gasteiger charge is 2.17. The van der Waals surface area contributed by atoms with Crippen LogP contribution in [0.1, 0.15) is 30.1 Å². The van der Waals surface area contributed by atoms with Crippen molar-refractivity contribution in [2.75, 3.05) is 50.2 Å². The third-order valence-corrected chi connectivity index (χ3v) is 4.94. The van der Waals surface area contributed by atoms with E-state index in [0.29, 0.717) is 49.1 Å². The lowest BCUT2D eigenvalue weighted by Crippen LogP contribution is -2.31. The second-order valence-corrected chi connectivity index (χ2v) is 7.37. The molecule has 3 N–H and O–H groups in total. The number of rotatable bonds is 12. The van der Waals surface area contributed by atoms with E-state index in [4.69, 9.17) is 14.2 Å². The van der Waals surface area contributed by atoms with Crippen LogP contribution in [0, 0.1) is 0 Å². The third kappa shape index (κ3) is 7.55. The molecule has 0 bridgehead atoms. The molecular weight excluding hydrogens is 410 g/mol. The SMILES string of the molecule is CCOCCOc1ccccc1NC(=O)CNc1cccc(C(=O)NCC2CCCO2)c1. The summed E-state index contributed by atoms with van der Waals surface area (Å²) in [4.78, 5) is 24.8. The van der Waals surface area contributed by atoms with Gasteiger partial charge in [0.1, 0.15) is 12.4 Å². The minimum absolute atomic E-state index is 0.0499. The standard InChI is InChI=1S/C24H31N3O5/c1-2-30-13-14-32-22-11-4-3-10-21(22)27-23(28)17-25-19-8-5-7-18(15-19)24(29)26-16-20-9-6-12-31-20/h3-5,7-8,10-11,15,20,25H,2,6,9,12-14,16-17H2,1H3,(H,26,29)(H,27,28). The Bertz CT molecular complexity index is 883. The lowest BCUT2D eigenvalue weighted by atomic mass is 10.1. The Kier molecular flexibility index (Phi) is 9.34. The van der Waals surface area contributed by atoms with Crippen molar-refractivity contribution >= 4 is 23.2 Å². The minimum Gasteiger partial charge on any atom is -0.489 e. The maximum absolute atomic E-state index is 12.4. The molecule has 0 spiro atoms. The summed E-state index contributed by atoms with van der Waals surface area (Å²) >= 11 is 0. The molecule has 2 amide bonds. The number of hydrogen-bond donors (Lipinski definition) is 3. The van der Waals surface area contributed by atoms with E-state index in [1.807, 2.05) is 25.1 Å². The summed E-state index contributed by atoms with van der Waals surface area (Å²) in [7, 11) is 0. The monoisotopic (exact) mass is 441 g/mol. The van der Waals surface area contributed by atoms with Crippen LogP contribution in [0.3, 0.4) is 0 Å². The normalized spacial score (nSPS) is 15.2. The molecule has 1 aliphatic rings. The van der Waals surface area contributed by atoms with Crippen LogP contribution in [0.4, 0.5) is 11.4 Å². The van der Waals surface area contributed by atoms with E-state index in [1.54, 1.807) is 30.3 Å². The van der Waals surface area contributed by atoms with Crippen LogP contribution in [-0.2, 0) is 14.3 Å². The number of carbonyl (C=O) groups excluding carboxylic acids is 2. The van der Waals surface area contributed by atoms with E-state index >= 15 is 0 Å². The first-order valence-corrected chi connectivity index (χ1v) is 11.0. The van der Waals surface area contributed by atoms with Gasteiger partial charge in [0.15, 0.2) is 0 Å². The van der Waals surface area contributed by atoms with Crippen molar-refractivity contribution in [3.05, 3.63) is 54.1 Å². The molecule has 2 aromatic rings. The molecule has 1 saturated heterocycles. The van der Waals surface area contributed by atoms with Crippen molar-refractivity contribution in [2.45, 2.75) is 25.9 Å². The average Bonchev–Trinajstić information content (AvgIpc) is 3.34. The van der Waals surface area contributed by atoms with Crippen molar-refractivity contribution in [1.29, 1.82) is 0 Å². The number of amides is 2. The highest BCUT2D eigenvalue weighted by atomic mass is 16.5. The third-order valence-electron chi connectivity index (χ3n) is 4.94. The minimum atomic E-state index is -0.223. The van der Waals surface area contributed by atoms with Crippen molar-refractivity contribution < 1.29 is 23.8 Å². The Morgan fingerprint density at radius 3 is 2.81 bits per heavy atom. The lowest BCUT2D eigenvalue weighted by Gasteiger charge is -2.14. The molecular formula is C24H31N3O5. The van der Waals surface area contributed by atoms with Gasteiger partial charge in [0, 0.05) is 31.0 Å². The van der Waals surface area contributed by atoms with Gasteiger partial charge < -0.3 is 30.2 Å². The first kappa shape index (κ1) is 23.6. The molecule has 32 heavy (non-hydrogen) atoms. The van der Waals surface area contributed by atoms with Crippen LogP contribution in [0.15, 0.2) is 48.5 Å². The number of benzene rings is 2. The highest BCUT2D eigenvalue weighted by molar-refractivity contribution is 5.96. The molecule has 1 atom stereocenters. The molecule has 0 saturated carbocycles. The zero-order valence-corrected chi connectivity index (χ0v) is 18.4. The Balaban J connectivity index is 1.47. The van der Waals surface area contributed by atoms with E-state index < -0.39 is 0 Å². The Hall–Kier alpha value is -3.10. The van der Waals surface area contributed by atoms with Gasteiger partial charge in [-0.25, -0.2) is 0 Å². The van der Waals surface area contributed by atoms with Crippen LogP contribution in [0.5, 0.6) is 5.75 Å². The van der Waals surface area contributed by atoms with Crippen LogP contribution in [0.25, 0.3) is 0 Å². The second kappa shape index (κ2) is 12.7. The summed E-state index contributed by atoms with van der Waals surface area (Å²) < 4.78 is 16.5. The van der Waals surface area contributed by atoms with Crippen molar-refractivity contribution in [3.63, 3.8) is 0 Å². The quantitative estimate of drug-likeness (QED) is 0.438. The molecule has 0 radical (unpaired) electrons. The Morgan fingerprint density at radius 1 is 1.12 bits per heavy atom. The van der Waals surface area contributed by atoms with Gasteiger partial charge in [-0.05, 0) is 50.1 Å². The number of ether oxygens (including phenoxy) is 3. The Labute approximate surface area is 188 Å². The van der Waals surface area contributed by atoms with Gasteiger partial charge in [-0.2, -0.15) is 0 Å². The van der Waals surface area contributed by atoms with Crippen LogP contribution in [-0.4, -0.2) is 57.4 Å². The van der Waals surface area contributed by atoms with E-state index in [-0.39, 0.29) is 24.5 Å². The fourth-order valence-corrected chi connectivity index (χ4v) is 3.31. The summed E-state index contributed by atoms with van der Waals surface area (Å²) in [5, 5.41) is 8.81. The summed E-state index contributed by atoms with van der Waals surface area (Å²) in [5.41, 5.74) is 1.81. The number of carbonyl (C=O) groups is 2. The maximum Gasteiger partial charge on any atom is 0.251 e. The van der Waals surface area contributed by atoms with E-state index in [2.05, 4.69) is 16.0 Å².